The molecule has 0 heteroatoms. The number of hydrogen-bond acceptors (Lipinski definition) is 0. The third kappa shape index (κ3) is 13.0. The highest BCUT2D eigenvalue weighted by molar-refractivity contribution is 4.64. The Hall–Kier alpha value is 0. The van der Waals surface area contributed by atoms with Crippen molar-refractivity contribution in [3.05, 3.63) is 0 Å². The van der Waals surface area contributed by atoms with E-state index in [0.29, 0.717) is 0 Å². The first kappa shape index (κ1) is 20.0. The predicted octanol–water partition coefficient (Wildman–Crippen LogP) is 7.76. The number of hydrogen-bond donors (Lipinski definition) is 0. The van der Waals surface area contributed by atoms with Gasteiger partial charge in [0.05, 0.1) is 0 Å². The molecule has 0 aliphatic carbocycles. The van der Waals surface area contributed by atoms with Gasteiger partial charge in [0.25, 0.3) is 0 Å². The second-order valence-corrected chi connectivity index (χ2v) is 7.12. The van der Waals surface area contributed by atoms with E-state index in [1.807, 2.05) is 0 Å². The van der Waals surface area contributed by atoms with E-state index in [2.05, 4.69) is 27.7 Å². The molecule has 0 N–H and O–H groups in total. The fourth-order valence-corrected chi connectivity index (χ4v) is 3.18. The van der Waals surface area contributed by atoms with Crippen molar-refractivity contribution in [1.29, 1.82) is 0 Å². The van der Waals surface area contributed by atoms with Gasteiger partial charge >= 0.3 is 0 Å². The van der Waals surface area contributed by atoms with Gasteiger partial charge in [-0.05, 0) is 11.8 Å². The lowest BCUT2D eigenvalue weighted by molar-refractivity contribution is 0.313. The summed E-state index contributed by atoms with van der Waals surface area (Å²) in [6.45, 7) is 9.46. The molecular weight excluding hydrogens is 240 g/mol. The van der Waals surface area contributed by atoms with E-state index < -0.39 is 0 Å². The molecule has 0 aliphatic rings. The molecule has 0 rings (SSSR count). The Balaban J connectivity index is 3.46. The van der Waals surface area contributed by atoms with Crippen LogP contribution in [0.15, 0.2) is 0 Å². The van der Waals surface area contributed by atoms with Gasteiger partial charge in [-0.3, -0.25) is 0 Å². The van der Waals surface area contributed by atoms with E-state index in [9.17, 15) is 0 Å². The van der Waals surface area contributed by atoms with Crippen molar-refractivity contribution in [2.75, 3.05) is 0 Å². The van der Waals surface area contributed by atoms with Gasteiger partial charge in [0.2, 0.25) is 0 Å². The summed E-state index contributed by atoms with van der Waals surface area (Å²) >= 11 is 0. The zero-order valence-electron chi connectivity index (χ0n) is 15.1. The highest BCUT2D eigenvalue weighted by Gasteiger charge is 2.12. The van der Waals surface area contributed by atoms with Crippen LogP contribution in [-0.2, 0) is 0 Å². The smallest absolute Gasteiger partial charge is 0.0391 e. The number of unbranched alkanes of at least 4 members (excludes halogenated alkanes) is 10. The lowest BCUT2D eigenvalue weighted by Gasteiger charge is -2.20. The van der Waals surface area contributed by atoms with E-state index in [-0.39, 0.29) is 0 Å². The first-order chi connectivity index (χ1) is 9.72. The lowest BCUT2D eigenvalue weighted by Crippen LogP contribution is -2.08. The fraction of sp³-hybridized carbons (Fsp3) is 1.00. The first-order valence-electron chi connectivity index (χ1n) is 9.72. The molecule has 0 saturated carbocycles. The van der Waals surface area contributed by atoms with Crippen LogP contribution in [0.3, 0.4) is 0 Å². The molecule has 0 fully saturated rings. The van der Waals surface area contributed by atoms with E-state index >= 15 is 0 Å². The maximum atomic E-state index is 2.43. The lowest BCUT2D eigenvalue weighted by atomic mass is 9.85. The average molecular weight is 283 g/mol. The summed E-state index contributed by atoms with van der Waals surface area (Å²) in [6.07, 6.45) is 20.3. The van der Waals surface area contributed by atoms with Crippen molar-refractivity contribution in [2.45, 2.75) is 118 Å². The largest absolute Gasteiger partial charge is 0.0654 e. The molecule has 0 spiro atoms. The van der Waals surface area contributed by atoms with Gasteiger partial charge in [-0.2, -0.15) is 0 Å². The van der Waals surface area contributed by atoms with Crippen LogP contribution in [0.2, 0.25) is 0 Å². The third-order valence-electron chi connectivity index (χ3n) is 4.80. The zero-order chi connectivity index (χ0) is 15.1. The molecule has 122 valence electrons. The third-order valence-corrected chi connectivity index (χ3v) is 4.80. The monoisotopic (exact) mass is 282 g/mol. The molecule has 0 heterocycles. The summed E-state index contributed by atoms with van der Waals surface area (Å²) in [5.41, 5.74) is 0. The maximum absolute atomic E-state index is 2.43. The first-order valence-corrected chi connectivity index (χ1v) is 9.72. The van der Waals surface area contributed by atoms with Crippen molar-refractivity contribution in [3.8, 4) is 0 Å². The van der Waals surface area contributed by atoms with Crippen LogP contribution in [0.1, 0.15) is 118 Å². The van der Waals surface area contributed by atoms with Gasteiger partial charge in [-0.15, -0.1) is 0 Å². The number of rotatable bonds is 15. The predicted molar refractivity (Wildman–Crippen MR) is 94.3 cm³/mol. The van der Waals surface area contributed by atoms with E-state index in [0.717, 1.165) is 11.8 Å². The summed E-state index contributed by atoms with van der Waals surface area (Å²) in [4.78, 5) is 0. The van der Waals surface area contributed by atoms with Crippen LogP contribution in [0.4, 0.5) is 0 Å². The summed E-state index contributed by atoms with van der Waals surface area (Å²) in [6, 6.07) is 0. The molecular formula is C20H42. The van der Waals surface area contributed by atoms with Crippen LogP contribution >= 0.6 is 0 Å². The van der Waals surface area contributed by atoms with Gasteiger partial charge < -0.3 is 0 Å². The van der Waals surface area contributed by atoms with E-state index in [1.54, 1.807) is 0 Å². The average Bonchev–Trinajstić information content (AvgIpc) is 2.43. The van der Waals surface area contributed by atoms with E-state index in [1.165, 1.54) is 89.9 Å². The van der Waals surface area contributed by atoms with Crippen molar-refractivity contribution >= 4 is 0 Å². The Labute approximate surface area is 130 Å². The molecule has 0 radical (unpaired) electrons. The van der Waals surface area contributed by atoms with Gasteiger partial charge in [0.1, 0.15) is 0 Å². The Morgan fingerprint density at radius 2 is 0.850 bits per heavy atom. The molecule has 0 aromatic heterocycles. The molecule has 0 amide bonds. The molecule has 0 aromatic rings. The topological polar surface area (TPSA) is 0 Å². The SMILES string of the molecule is CCCCCCCCCCC(CCCCCC)C(C)C. The van der Waals surface area contributed by atoms with Crippen molar-refractivity contribution in [3.63, 3.8) is 0 Å². The summed E-state index contributed by atoms with van der Waals surface area (Å²) in [7, 11) is 0. The van der Waals surface area contributed by atoms with Crippen LogP contribution < -0.4 is 0 Å². The molecule has 1 atom stereocenters. The second kappa shape index (κ2) is 15.4. The molecule has 0 saturated heterocycles. The molecule has 0 aliphatic heterocycles. The minimum absolute atomic E-state index is 0.890. The van der Waals surface area contributed by atoms with Crippen LogP contribution in [0.5, 0.6) is 0 Å². The molecule has 1 unspecified atom stereocenters. The highest BCUT2D eigenvalue weighted by atomic mass is 14.2. The van der Waals surface area contributed by atoms with Crippen LogP contribution in [0, 0.1) is 11.8 Å². The molecule has 0 bridgehead atoms. The zero-order valence-corrected chi connectivity index (χ0v) is 15.1. The van der Waals surface area contributed by atoms with Gasteiger partial charge in [-0.1, -0.05) is 118 Å². The van der Waals surface area contributed by atoms with E-state index in [4.69, 9.17) is 0 Å². The second-order valence-electron chi connectivity index (χ2n) is 7.12. The minimum Gasteiger partial charge on any atom is -0.0654 e. The van der Waals surface area contributed by atoms with Crippen LogP contribution in [-0.4, -0.2) is 0 Å². The van der Waals surface area contributed by atoms with Gasteiger partial charge in [0.15, 0.2) is 0 Å². The van der Waals surface area contributed by atoms with Crippen molar-refractivity contribution in [1.82, 2.24) is 0 Å². The van der Waals surface area contributed by atoms with Gasteiger partial charge in [-0.25, -0.2) is 0 Å². The normalized spacial score (nSPS) is 13.1. The highest BCUT2D eigenvalue weighted by Crippen LogP contribution is 2.25. The van der Waals surface area contributed by atoms with Crippen LogP contribution in [0.25, 0.3) is 0 Å². The standard InChI is InChI=1S/C20H42/c1-5-7-9-11-12-13-14-16-18-20(19(3)4)17-15-10-8-6-2/h19-20H,5-18H2,1-4H3. The fourth-order valence-electron chi connectivity index (χ4n) is 3.18. The summed E-state index contributed by atoms with van der Waals surface area (Å²) in [5.74, 6) is 1.88. The Kier molecular flexibility index (Phi) is 15.4. The molecule has 0 aromatic carbocycles. The maximum Gasteiger partial charge on any atom is -0.0391 e. The summed E-state index contributed by atoms with van der Waals surface area (Å²) in [5, 5.41) is 0. The van der Waals surface area contributed by atoms with Crippen molar-refractivity contribution in [2.24, 2.45) is 11.8 Å². The quantitative estimate of drug-likeness (QED) is 0.269. The summed E-state index contributed by atoms with van der Waals surface area (Å²) < 4.78 is 0. The molecule has 20 heavy (non-hydrogen) atoms. The van der Waals surface area contributed by atoms with Crippen molar-refractivity contribution < 1.29 is 0 Å². The Morgan fingerprint density at radius 3 is 1.25 bits per heavy atom. The Morgan fingerprint density at radius 1 is 0.500 bits per heavy atom. The minimum atomic E-state index is 0.890. The molecule has 0 nitrogen and oxygen atoms in total. The van der Waals surface area contributed by atoms with Gasteiger partial charge in [0, 0.05) is 0 Å². The Bertz CT molecular complexity index is 171.